The Morgan fingerprint density at radius 1 is 1.08 bits per heavy atom. The average Bonchev–Trinajstić information content (AvgIpc) is 3.31. The third-order valence-electron chi connectivity index (χ3n) is 6.77. The van der Waals surface area contributed by atoms with Gasteiger partial charge in [-0.2, -0.15) is 9.37 Å². The summed E-state index contributed by atoms with van der Waals surface area (Å²) in [6, 6.07) is 15.8. The number of sulfone groups is 1. The number of nitrogens with zero attached hydrogens (tertiary/aromatic N) is 3. The minimum Gasteiger partial charge on any atom is -0.492 e. The summed E-state index contributed by atoms with van der Waals surface area (Å²) >= 11 is 0. The van der Waals surface area contributed by atoms with Gasteiger partial charge < -0.3 is 9.84 Å². The number of hydrogen-bond donors (Lipinski definition) is 1. The molecule has 0 radical (unpaired) electrons. The molecule has 1 aliphatic carbocycles. The van der Waals surface area contributed by atoms with E-state index in [2.05, 4.69) is 9.97 Å². The molecule has 2 heterocycles. The van der Waals surface area contributed by atoms with Crippen molar-refractivity contribution in [1.29, 1.82) is 0 Å². The molecule has 0 saturated heterocycles. The number of hydrogen-bond acceptors (Lipinski definition) is 7. The van der Waals surface area contributed by atoms with Crippen molar-refractivity contribution < 1.29 is 22.7 Å². The second-order valence-corrected chi connectivity index (χ2v) is 10.9. The third kappa shape index (κ3) is 4.50. The highest BCUT2D eigenvalue weighted by Crippen LogP contribution is 2.35. The van der Waals surface area contributed by atoms with Crippen LogP contribution in [0.1, 0.15) is 42.0 Å². The second-order valence-electron chi connectivity index (χ2n) is 9.04. The number of rotatable bonds is 7. The molecule has 1 atom stereocenters. The van der Waals surface area contributed by atoms with Crippen LogP contribution in [0.4, 0.5) is 4.39 Å². The van der Waals surface area contributed by atoms with Crippen LogP contribution in [0.25, 0.3) is 11.1 Å². The lowest BCUT2D eigenvalue weighted by molar-refractivity contribution is 0.122. The Labute approximate surface area is 219 Å². The first kappa shape index (κ1) is 25.7. The van der Waals surface area contributed by atoms with E-state index in [4.69, 9.17) is 4.74 Å². The molecule has 0 fully saturated rings. The maximum absolute atomic E-state index is 13.8. The number of aryl methyl sites for hydroxylation is 2. The van der Waals surface area contributed by atoms with Gasteiger partial charge in [-0.25, -0.2) is 13.4 Å². The molecule has 0 unspecified atom stereocenters. The van der Waals surface area contributed by atoms with Gasteiger partial charge in [0.05, 0.1) is 10.9 Å². The van der Waals surface area contributed by atoms with E-state index < -0.39 is 38.2 Å². The van der Waals surface area contributed by atoms with Gasteiger partial charge in [-0.15, -0.1) is 0 Å². The van der Waals surface area contributed by atoms with Crippen LogP contribution in [0.3, 0.4) is 0 Å². The topological polar surface area (TPSA) is 111 Å². The third-order valence-corrected chi connectivity index (χ3v) is 8.56. The maximum Gasteiger partial charge on any atom is 0.277 e. The number of ether oxygens (including phenoxy) is 1. The van der Waals surface area contributed by atoms with E-state index in [1.807, 2.05) is 24.3 Å². The zero-order valence-electron chi connectivity index (χ0n) is 20.9. The van der Waals surface area contributed by atoms with Crippen LogP contribution in [0.2, 0.25) is 0 Å². The molecule has 8 nitrogen and oxygen atoms in total. The standard InChI is InChI=1S/C28H26FN3O5S/c1-3-37-16-25-31-27(33)26(28(34)32(25)23-14-10-18-6-4-5-7-22(18)23)38(35,36)20-11-8-19(9-12-20)21-13-15-24(29)30-17(21)2/h4-9,11-13,15,23,33H,3,10,14,16H2,1-2H3/t23-/m0/s1. The van der Waals surface area contributed by atoms with Crippen molar-refractivity contribution in [3.05, 3.63) is 99.6 Å². The smallest absolute Gasteiger partial charge is 0.277 e. The Kier molecular flexibility index (Phi) is 6.85. The fourth-order valence-electron chi connectivity index (χ4n) is 4.97. The van der Waals surface area contributed by atoms with E-state index in [9.17, 15) is 22.7 Å². The van der Waals surface area contributed by atoms with Crippen molar-refractivity contribution in [2.75, 3.05) is 6.61 Å². The predicted octanol–water partition coefficient (Wildman–Crippen LogP) is 4.36. The quantitative estimate of drug-likeness (QED) is 0.350. The van der Waals surface area contributed by atoms with Crippen LogP contribution in [0.15, 0.2) is 75.2 Å². The second kappa shape index (κ2) is 10.1. The summed E-state index contributed by atoms with van der Waals surface area (Å²) in [6.07, 6.45) is 1.31. The SMILES string of the molecule is CCOCc1nc(O)c(S(=O)(=O)c2ccc(-c3ccc(F)nc3C)cc2)c(=O)n1[C@H]1CCc2ccccc21. The Balaban J connectivity index is 1.62. The van der Waals surface area contributed by atoms with Gasteiger partial charge in [0, 0.05) is 17.9 Å². The molecule has 1 N–H and O–H groups in total. The molecule has 5 rings (SSSR count). The van der Waals surface area contributed by atoms with E-state index in [-0.39, 0.29) is 17.3 Å². The molecule has 0 bridgehead atoms. The normalized spacial score (nSPS) is 15.0. The summed E-state index contributed by atoms with van der Waals surface area (Å²) < 4.78 is 47.6. The molecule has 4 aromatic rings. The molecule has 2 aromatic heterocycles. The van der Waals surface area contributed by atoms with Gasteiger partial charge in [-0.3, -0.25) is 9.36 Å². The highest BCUT2D eigenvalue weighted by Gasteiger charge is 2.34. The van der Waals surface area contributed by atoms with Crippen LogP contribution in [0, 0.1) is 12.9 Å². The summed E-state index contributed by atoms with van der Waals surface area (Å²) in [4.78, 5) is 20.8. The number of fused-ring (bicyclic) bond motifs is 1. The van der Waals surface area contributed by atoms with Gasteiger partial charge >= 0.3 is 0 Å². The molecular weight excluding hydrogens is 509 g/mol. The molecule has 38 heavy (non-hydrogen) atoms. The predicted molar refractivity (Wildman–Crippen MR) is 138 cm³/mol. The van der Waals surface area contributed by atoms with Gasteiger partial charge in [0.2, 0.25) is 21.7 Å². The minimum atomic E-state index is -4.45. The average molecular weight is 536 g/mol. The summed E-state index contributed by atoms with van der Waals surface area (Å²) in [5.74, 6) is -1.32. The molecule has 0 spiro atoms. The fraction of sp³-hybridized carbons (Fsp3) is 0.250. The van der Waals surface area contributed by atoms with Gasteiger partial charge in [-0.1, -0.05) is 36.4 Å². The molecule has 2 aromatic carbocycles. The largest absolute Gasteiger partial charge is 0.492 e. The summed E-state index contributed by atoms with van der Waals surface area (Å²) in [7, 11) is -4.45. The first-order chi connectivity index (χ1) is 18.2. The zero-order chi connectivity index (χ0) is 27.0. The number of halogens is 1. The fourth-order valence-corrected chi connectivity index (χ4v) is 6.32. The van der Waals surface area contributed by atoms with Gasteiger partial charge in [-0.05, 0) is 67.6 Å². The molecule has 0 amide bonds. The molecule has 1 aliphatic rings. The summed E-state index contributed by atoms with van der Waals surface area (Å²) in [5, 5.41) is 10.7. The molecular formula is C28H26FN3O5S. The monoisotopic (exact) mass is 535 g/mol. The van der Waals surface area contributed by atoms with Crippen LogP contribution in [-0.2, 0) is 27.6 Å². The summed E-state index contributed by atoms with van der Waals surface area (Å²) in [5.41, 5.74) is 2.86. The van der Waals surface area contributed by atoms with E-state index in [1.165, 1.54) is 22.8 Å². The van der Waals surface area contributed by atoms with E-state index in [0.29, 0.717) is 29.8 Å². The molecule has 0 saturated carbocycles. The van der Waals surface area contributed by atoms with E-state index in [1.54, 1.807) is 32.0 Å². The Morgan fingerprint density at radius 3 is 2.53 bits per heavy atom. The van der Waals surface area contributed by atoms with Crippen molar-refractivity contribution in [2.45, 2.75) is 49.1 Å². The van der Waals surface area contributed by atoms with Crippen molar-refractivity contribution in [3.63, 3.8) is 0 Å². The first-order valence-corrected chi connectivity index (χ1v) is 13.7. The van der Waals surface area contributed by atoms with E-state index in [0.717, 1.165) is 17.5 Å². The zero-order valence-corrected chi connectivity index (χ0v) is 21.7. The number of pyridine rings is 1. The Morgan fingerprint density at radius 2 is 1.82 bits per heavy atom. The first-order valence-electron chi connectivity index (χ1n) is 12.2. The van der Waals surface area contributed by atoms with Crippen LogP contribution in [-0.4, -0.2) is 34.7 Å². The van der Waals surface area contributed by atoms with E-state index >= 15 is 0 Å². The summed E-state index contributed by atoms with van der Waals surface area (Å²) in [6.45, 7) is 3.74. The lowest BCUT2D eigenvalue weighted by atomic mass is 10.1. The van der Waals surface area contributed by atoms with Crippen molar-refractivity contribution in [3.8, 4) is 17.0 Å². The number of benzene rings is 2. The van der Waals surface area contributed by atoms with Gasteiger partial charge in [0.15, 0.2) is 4.90 Å². The lowest BCUT2D eigenvalue weighted by Crippen LogP contribution is -2.33. The van der Waals surface area contributed by atoms with Crippen molar-refractivity contribution in [1.82, 2.24) is 14.5 Å². The highest BCUT2D eigenvalue weighted by atomic mass is 32.2. The van der Waals surface area contributed by atoms with Crippen LogP contribution >= 0.6 is 0 Å². The maximum atomic E-state index is 13.8. The molecule has 196 valence electrons. The number of aromatic nitrogens is 3. The number of aromatic hydroxyl groups is 1. The van der Waals surface area contributed by atoms with Crippen LogP contribution < -0.4 is 5.56 Å². The Hall–Kier alpha value is -3.89. The van der Waals surface area contributed by atoms with Crippen molar-refractivity contribution in [2.24, 2.45) is 0 Å². The van der Waals surface area contributed by atoms with Crippen LogP contribution in [0.5, 0.6) is 5.88 Å². The van der Waals surface area contributed by atoms with Crippen molar-refractivity contribution >= 4 is 9.84 Å². The lowest BCUT2D eigenvalue weighted by Gasteiger charge is -2.21. The Bertz CT molecular complexity index is 1680. The molecule has 0 aliphatic heterocycles. The minimum absolute atomic E-state index is 0.0575. The highest BCUT2D eigenvalue weighted by molar-refractivity contribution is 7.91. The van der Waals surface area contributed by atoms with Gasteiger partial charge in [0.1, 0.15) is 12.4 Å². The molecule has 10 heteroatoms. The van der Waals surface area contributed by atoms with Gasteiger partial charge in [0.25, 0.3) is 5.56 Å².